The Bertz CT molecular complexity index is 1970. The van der Waals surface area contributed by atoms with E-state index in [1.807, 2.05) is 6.92 Å². The van der Waals surface area contributed by atoms with Crippen LogP contribution in [0.3, 0.4) is 0 Å². The third-order valence-corrected chi connectivity index (χ3v) is 9.10. The number of hydrogen-bond acceptors (Lipinski definition) is 8. The maximum Gasteiger partial charge on any atom is 0.309 e. The molecule has 2 aromatic carbocycles. The number of fused-ring (bicyclic) bond motifs is 2. The Morgan fingerprint density at radius 1 is 1.21 bits per heavy atom. The van der Waals surface area contributed by atoms with Gasteiger partial charge in [0.15, 0.2) is 5.82 Å². The van der Waals surface area contributed by atoms with Gasteiger partial charge in [0.1, 0.15) is 33.6 Å². The molecule has 3 aromatic heterocycles. The zero-order chi connectivity index (χ0) is 30.8. The highest BCUT2D eigenvalue weighted by Crippen LogP contribution is 2.46. The highest BCUT2D eigenvalue weighted by molar-refractivity contribution is 7.10. The van der Waals surface area contributed by atoms with E-state index in [-0.39, 0.29) is 42.2 Å². The molecule has 1 aliphatic rings. The Balaban J connectivity index is 1.42. The van der Waals surface area contributed by atoms with Crippen molar-refractivity contribution >= 4 is 57.4 Å². The molecule has 220 valence electrons. The summed E-state index contributed by atoms with van der Waals surface area (Å²) in [6.07, 6.45) is 0.195. The van der Waals surface area contributed by atoms with Gasteiger partial charge in [-0.3, -0.25) is 14.3 Å². The summed E-state index contributed by atoms with van der Waals surface area (Å²) in [5.74, 6) is -1.18. The summed E-state index contributed by atoms with van der Waals surface area (Å²) in [7, 11) is 0. The lowest BCUT2D eigenvalue weighted by molar-refractivity contribution is -0.146. The number of nitrogens with one attached hydrogen (secondary N) is 1. The van der Waals surface area contributed by atoms with Crippen molar-refractivity contribution in [2.24, 2.45) is 5.41 Å². The number of aryl methyl sites for hydroxylation is 1. The maximum atomic E-state index is 14.7. The number of hydrogen-bond donors (Lipinski definition) is 3. The molecule has 0 aliphatic carbocycles. The fourth-order valence-electron chi connectivity index (χ4n) is 5.28. The number of benzene rings is 2. The summed E-state index contributed by atoms with van der Waals surface area (Å²) < 4.78 is 16.3. The lowest BCUT2D eigenvalue weighted by Crippen LogP contribution is -2.33. The van der Waals surface area contributed by atoms with E-state index in [9.17, 15) is 19.1 Å². The van der Waals surface area contributed by atoms with Gasteiger partial charge in [0.25, 0.3) is 0 Å². The van der Waals surface area contributed by atoms with E-state index in [2.05, 4.69) is 20.3 Å². The summed E-state index contributed by atoms with van der Waals surface area (Å²) in [6.45, 7) is 6.97. The molecular weight excluding hydrogens is 593 g/mol. The largest absolute Gasteiger partial charge is 0.481 e. The third-order valence-electron chi connectivity index (χ3n) is 7.75. The molecule has 43 heavy (non-hydrogen) atoms. The monoisotopic (exact) mass is 619 g/mol. The first kappa shape index (κ1) is 28.7. The number of nitrogen functional groups attached to an aromatic ring is 1. The number of carbonyl (C=O) groups is 2. The van der Waals surface area contributed by atoms with Crippen molar-refractivity contribution in [1.82, 2.24) is 24.7 Å². The third kappa shape index (κ3) is 4.80. The fraction of sp³-hybridized carbons (Fsp3) is 0.267. The van der Waals surface area contributed by atoms with Crippen LogP contribution in [-0.2, 0) is 28.0 Å². The highest BCUT2D eigenvalue weighted by atomic mass is 35.5. The van der Waals surface area contributed by atoms with Crippen LogP contribution in [0.5, 0.6) is 0 Å². The van der Waals surface area contributed by atoms with Crippen molar-refractivity contribution < 1.29 is 19.1 Å². The minimum Gasteiger partial charge on any atom is -0.481 e. The molecule has 0 bridgehead atoms. The van der Waals surface area contributed by atoms with Crippen LogP contribution in [0.15, 0.2) is 41.8 Å². The molecule has 5 aromatic rings. The van der Waals surface area contributed by atoms with Gasteiger partial charge in [-0.1, -0.05) is 29.3 Å². The number of carboxylic acids is 1. The van der Waals surface area contributed by atoms with Gasteiger partial charge in [-0.2, -0.15) is 5.10 Å². The Morgan fingerprint density at radius 2 is 1.98 bits per heavy atom. The van der Waals surface area contributed by atoms with Crippen molar-refractivity contribution in [2.45, 2.75) is 46.1 Å². The summed E-state index contributed by atoms with van der Waals surface area (Å²) >= 11 is 7.57. The molecule has 0 spiro atoms. The molecule has 1 amide bonds. The van der Waals surface area contributed by atoms with E-state index in [4.69, 9.17) is 22.4 Å². The first-order valence-electron chi connectivity index (χ1n) is 13.4. The molecule has 4 heterocycles. The smallest absolute Gasteiger partial charge is 0.309 e. The zero-order valence-corrected chi connectivity index (χ0v) is 25.3. The Kier molecular flexibility index (Phi) is 6.73. The Labute approximate surface area is 254 Å². The lowest BCUT2D eigenvalue weighted by Gasteiger charge is -2.20. The van der Waals surface area contributed by atoms with E-state index in [1.54, 1.807) is 61.2 Å². The van der Waals surface area contributed by atoms with Gasteiger partial charge in [0.2, 0.25) is 5.91 Å². The Hall–Kier alpha value is -4.42. The Morgan fingerprint density at radius 3 is 2.72 bits per heavy atom. The van der Waals surface area contributed by atoms with E-state index in [0.29, 0.717) is 43.4 Å². The number of amides is 1. The second-order valence-electron chi connectivity index (χ2n) is 11.5. The van der Waals surface area contributed by atoms with Crippen LogP contribution in [-0.4, -0.2) is 41.7 Å². The minimum atomic E-state index is -1.29. The van der Waals surface area contributed by atoms with Crippen molar-refractivity contribution in [3.8, 4) is 11.5 Å². The number of rotatable bonds is 7. The number of carboxylic acid groups (broad SMARTS) is 1. The van der Waals surface area contributed by atoms with Gasteiger partial charge in [-0.05, 0) is 52.0 Å². The molecule has 0 fully saturated rings. The average Bonchev–Trinajstić information content (AvgIpc) is 3.61. The van der Waals surface area contributed by atoms with Crippen molar-refractivity contribution in [1.29, 1.82) is 0 Å². The zero-order valence-electron chi connectivity index (χ0n) is 23.7. The average molecular weight is 620 g/mol. The summed E-state index contributed by atoms with van der Waals surface area (Å²) in [5.41, 5.74) is 7.57. The normalized spacial score (nSPS) is 16.5. The number of aliphatic carboxylic acids is 1. The van der Waals surface area contributed by atoms with Crippen molar-refractivity contribution in [3.63, 3.8) is 0 Å². The number of aromatic nitrogens is 5. The van der Waals surface area contributed by atoms with Gasteiger partial charge in [-0.25, -0.2) is 19.3 Å². The number of carbonyl (C=O) groups excluding carboxylic acids is 1. The minimum absolute atomic E-state index is 0.0739. The number of nitrogens with two attached hydrogens (primary N) is 1. The number of halogens is 2. The van der Waals surface area contributed by atoms with E-state index < -0.39 is 16.8 Å². The van der Waals surface area contributed by atoms with Crippen LogP contribution in [0, 0.1) is 18.2 Å². The van der Waals surface area contributed by atoms with Crippen LogP contribution in [0.4, 0.5) is 16.0 Å². The second kappa shape index (κ2) is 10.1. The first-order chi connectivity index (χ1) is 20.3. The molecular formula is C30H27ClFN7O3S. The highest BCUT2D eigenvalue weighted by Gasteiger charge is 2.50. The second-order valence-corrected chi connectivity index (χ2v) is 12.8. The molecule has 0 saturated heterocycles. The number of thiazole rings is 1. The van der Waals surface area contributed by atoms with Gasteiger partial charge < -0.3 is 16.2 Å². The molecule has 13 heteroatoms. The topological polar surface area (TPSA) is 149 Å². The molecule has 10 nitrogen and oxygen atoms in total. The number of nitrogens with zero attached hydrogens (tertiary/aromatic N) is 5. The SMILES string of the molecule is Cc1ccc(F)c(Cn2nc(-c3nc(N)c4c(n3)NC(=O)C4(C)c3nc(CC(C)(C)C(=O)O)cs3)c3ccc(Cl)cc32)c1. The van der Waals surface area contributed by atoms with Crippen molar-refractivity contribution in [3.05, 3.63) is 80.0 Å². The fourth-order valence-corrected chi connectivity index (χ4v) is 6.43. The quantitative estimate of drug-likeness (QED) is 0.213. The molecule has 4 N–H and O–H groups in total. The molecule has 1 atom stereocenters. The van der Waals surface area contributed by atoms with Crippen LogP contribution < -0.4 is 11.1 Å². The molecule has 0 radical (unpaired) electrons. The maximum absolute atomic E-state index is 14.7. The summed E-state index contributed by atoms with van der Waals surface area (Å²) in [5, 5.41) is 20.5. The van der Waals surface area contributed by atoms with Gasteiger partial charge >= 0.3 is 5.97 Å². The van der Waals surface area contributed by atoms with Crippen molar-refractivity contribution in [2.75, 3.05) is 11.1 Å². The first-order valence-corrected chi connectivity index (χ1v) is 14.6. The van der Waals surface area contributed by atoms with Gasteiger partial charge in [-0.15, -0.1) is 11.3 Å². The van der Waals surface area contributed by atoms with Crippen LogP contribution in [0.25, 0.3) is 22.4 Å². The lowest BCUT2D eigenvalue weighted by atomic mass is 9.85. The summed E-state index contributed by atoms with van der Waals surface area (Å²) in [4.78, 5) is 38.9. The predicted octanol–water partition coefficient (Wildman–Crippen LogP) is 5.59. The van der Waals surface area contributed by atoms with Crippen LogP contribution in [0.1, 0.15) is 48.2 Å². The van der Waals surface area contributed by atoms with E-state index in [0.717, 1.165) is 5.56 Å². The molecule has 1 unspecified atom stereocenters. The number of anilines is 2. The van der Waals surface area contributed by atoms with Gasteiger partial charge in [0.05, 0.1) is 28.7 Å². The van der Waals surface area contributed by atoms with Gasteiger partial charge in [0, 0.05) is 27.8 Å². The van der Waals surface area contributed by atoms with Crippen LogP contribution in [0.2, 0.25) is 5.02 Å². The van der Waals surface area contributed by atoms with E-state index in [1.165, 1.54) is 17.4 Å². The molecule has 1 aliphatic heterocycles. The predicted molar refractivity (Wildman–Crippen MR) is 163 cm³/mol. The standard InChI is InChI=1S/C30H27ClFN7O3S/c1-14-5-8-19(32)15(9-14)12-39-20-10-16(31)6-7-18(20)22(38-39)25-35-23(33)21-24(36-25)37-26(40)30(21,4)27-34-17(13-43-27)11-29(2,3)28(41)42/h5-10,13H,11-12H2,1-4H3,(H,41,42)(H3,33,35,36,37,40). The molecule has 0 saturated carbocycles. The molecule has 6 rings (SSSR count). The van der Waals surface area contributed by atoms with E-state index >= 15 is 0 Å². The summed E-state index contributed by atoms with van der Waals surface area (Å²) in [6, 6.07) is 10.1. The van der Waals surface area contributed by atoms with Crippen LogP contribution >= 0.6 is 22.9 Å².